The summed E-state index contributed by atoms with van der Waals surface area (Å²) < 4.78 is 0. The molecule has 0 radical (unpaired) electrons. The van der Waals surface area contributed by atoms with Gasteiger partial charge < -0.3 is 9.80 Å². The molecule has 1 aliphatic rings. The van der Waals surface area contributed by atoms with Crippen LogP contribution in [0.2, 0.25) is 0 Å². The van der Waals surface area contributed by atoms with Crippen LogP contribution < -0.4 is 9.80 Å². The monoisotopic (exact) mass is 917 g/mol. The van der Waals surface area contributed by atoms with E-state index in [0.29, 0.717) is 0 Å². The largest absolute Gasteiger partial charge is 0.310 e. The fourth-order valence-electron chi connectivity index (χ4n) is 11.4. The lowest BCUT2D eigenvalue weighted by Gasteiger charge is -2.43. The van der Waals surface area contributed by atoms with E-state index in [2.05, 4.69) is 268 Å². The van der Waals surface area contributed by atoms with Crippen LogP contribution in [0, 0.1) is 45.4 Å². The summed E-state index contributed by atoms with van der Waals surface area (Å²) in [5, 5.41) is 0. The Morgan fingerprint density at radius 3 is 1.68 bits per heavy atom. The van der Waals surface area contributed by atoms with Crippen molar-refractivity contribution in [3.8, 4) is 11.1 Å². The smallest absolute Gasteiger partial charge is 0.0514 e. The predicted octanol–water partition coefficient (Wildman–Crippen LogP) is 19.6. The average molecular weight is 917 g/mol. The Kier molecular flexibility index (Phi) is 13.8. The molecule has 1 unspecified atom stereocenters. The van der Waals surface area contributed by atoms with Gasteiger partial charge in [-0.1, -0.05) is 188 Å². The highest BCUT2D eigenvalue weighted by Crippen LogP contribution is 2.52. The van der Waals surface area contributed by atoms with Crippen molar-refractivity contribution in [1.29, 1.82) is 0 Å². The molecule has 1 atom stereocenters. The van der Waals surface area contributed by atoms with E-state index >= 15 is 0 Å². The molecule has 0 N–H and O–H groups in total. The molecule has 2 nitrogen and oxygen atoms in total. The number of nitrogens with zero attached hydrogens (tertiary/aromatic N) is 2. The second-order valence-electron chi connectivity index (χ2n) is 25.2. The summed E-state index contributed by atoms with van der Waals surface area (Å²) in [5.41, 5.74) is 20.8. The van der Waals surface area contributed by atoms with Gasteiger partial charge in [0.25, 0.3) is 0 Å². The van der Waals surface area contributed by atoms with Crippen molar-refractivity contribution >= 4 is 28.4 Å². The van der Waals surface area contributed by atoms with E-state index in [0.717, 1.165) is 29.9 Å². The maximum absolute atomic E-state index is 5.01. The van der Waals surface area contributed by atoms with Crippen molar-refractivity contribution in [3.63, 3.8) is 0 Å². The first-order valence-corrected chi connectivity index (χ1v) is 25.6. The van der Waals surface area contributed by atoms with E-state index < -0.39 is 0 Å². The summed E-state index contributed by atoms with van der Waals surface area (Å²) in [7, 11) is 0. The van der Waals surface area contributed by atoms with Gasteiger partial charge in [-0.3, -0.25) is 0 Å². The zero-order valence-electron chi connectivity index (χ0n) is 45.9. The standard InChI is InChI=1S/C67H84N2/c1-45-38-60(68(58-42-54(32-30-46(58)2)66(17,18)44-62(7,8)9)49(5)34-35-67(19,63(10,11)12)53-28-24-21-25-29-53)50(6)61(39-45)69(57-33-31-52(40-47(57)3)51-26-22-20-23-27-51)59-43-56-55(41-48(59)4)64(13,14)36-37-65(56,15)16/h20-35,38-43H,5,36-37,44H2,1-4,6-19H3/b35-34-. The maximum atomic E-state index is 5.01. The number of rotatable bonds is 12. The summed E-state index contributed by atoms with van der Waals surface area (Å²) in [6, 6.07) is 45.8. The van der Waals surface area contributed by atoms with Crippen molar-refractivity contribution in [2.24, 2.45) is 10.8 Å². The third-order valence-corrected chi connectivity index (χ3v) is 16.0. The molecule has 0 amide bonds. The molecule has 362 valence electrons. The van der Waals surface area contributed by atoms with Crippen molar-refractivity contribution in [2.75, 3.05) is 9.80 Å². The number of hydrogen-bond donors (Lipinski definition) is 0. The average Bonchev–Trinajstić information content (AvgIpc) is 3.26. The zero-order chi connectivity index (χ0) is 50.6. The highest BCUT2D eigenvalue weighted by atomic mass is 15.2. The number of benzene rings is 6. The van der Waals surface area contributed by atoms with Crippen LogP contribution in [0.25, 0.3) is 11.1 Å². The SMILES string of the molecule is C=C(/C=C\C(C)(c1ccccc1)C(C)(C)C)N(c1cc(C(C)(C)CC(C)(C)C)ccc1C)c1cc(C)cc(N(c2ccc(-c3ccccc3)cc2C)c2cc3c(cc2C)C(C)(C)CCC3(C)C)c1C. The lowest BCUT2D eigenvalue weighted by molar-refractivity contribution is 0.258. The molecular weight excluding hydrogens is 833 g/mol. The first-order chi connectivity index (χ1) is 32.0. The summed E-state index contributed by atoms with van der Waals surface area (Å²) in [5.74, 6) is 0. The van der Waals surface area contributed by atoms with Crippen LogP contribution in [0.1, 0.15) is 159 Å². The molecule has 6 aromatic rings. The highest BCUT2D eigenvalue weighted by Gasteiger charge is 2.39. The molecule has 0 aromatic heterocycles. The van der Waals surface area contributed by atoms with Crippen molar-refractivity contribution < 1.29 is 0 Å². The second kappa shape index (κ2) is 18.6. The molecule has 1 aliphatic carbocycles. The van der Waals surface area contributed by atoms with Crippen LogP contribution in [-0.2, 0) is 21.7 Å². The topological polar surface area (TPSA) is 6.48 Å². The van der Waals surface area contributed by atoms with Crippen LogP contribution in [0.5, 0.6) is 0 Å². The molecule has 2 heteroatoms. The van der Waals surface area contributed by atoms with Gasteiger partial charge in [0, 0.05) is 28.2 Å². The number of fused-ring (bicyclic) bond motifs is 1. The first kappa shape index (κ1) is 51.3. The highest BCUT2D eigenvalue weighted by molar-refractivity contribution is 5.88. The number of hydrogen-bond acceptors (Lipinski definition) is 2. The van der Waals surface area contributed by atoms with Gasteiger partial charge in [0.05, 0.1) is 11.4 Å². The minimum absolute atomic E-state index is 0.0451. The van der Waals surface area contributed by atoms with E-state index in [4.69, 9.17) is 6.58 Å². The van der Waals surface area contributed by atoms with Crippen molar-refractivity contribution in [1.82, 2.24) is 0 Å². The van der Waals surface area contributed by atoms with E-state index in [1.165, 1.54) is 84.7 Å². The molecule has 0 aliphatic heterocycles. The summed E-state index contributed by atoms with van der Waals surface area (Å²) in [6.07, 6.45) is 8.10. The van der Waals surface area contributed by atoms with E-state index in [9.17, 15) is 0 Å². The molecule has 0 heterocycles. The Morgan fingerprint density at radius 2 is 1.10 bits per heavy atom. The van der Waals surface area contributed by atoms with E-state index in [1.54, 1.807) is 0 Å². The third kappa shape index (κ3) is 10.3. The molecule has 0 saturated heterocycles. The third-order valence-electron chi connectivity index (χ3n) is 16.0. The van der Waals surface area contributed by atoms with Crippen LogP contribution in [0.15, 0.2) is 146 Å². The van der Waals surface area contributed by atoms with Gasteiger partial charge in [-0.15, -0.1) is 0 Å². The number of anilines is 5. The number of aryl methyl sites for hydroxylation is 4. The normalized spacial score (nSPS) is 15.7. The minimum Gasteiger partial charge on any atom is -0.310 e. The van der Waals surface area contributed by atoms with Gasteiger partial charge in [0.1, 0.15) is 0 Å². The Hall–Kier alpha value is -5.60. The fraction of sp³-hybridized carbons (Fsp3) is 0.403. The Morgan fingerprint density at radius 1 is 0.536 bits per heavy atom. The lowest BCUT2D eigenvalue weighted by Crippen LogP contribution is -2.35. The predicted molar refractivity (Wildman–Crippen MR) is 303 cm³/mol. The molecule has 0 saturated carbocycles. The maximum Gasteiger partial charge on any atom is 0.0514 e. The molecular formula is C67H84N2. The van der Waals surface area contributed by atoms with Gasteiger partial charge in [-0.05, 0) is 185 Å². The quantitative estimate of drug-likeness (QED) is 0.113. The summed E-state index contributed by atoms with van der Waals surface area (Å²) in [4.78, 5) is 5.05. The Balaban J connectivity index is 1.52. The van der Waals surface area contributed by atoms with Crippen LogP contribution in [-0.4, -0.2) is 0 Å². The van der Waals surface area contributed by atoms with Gasteiger partial charge in [0.2, 0.25) is 0 Å². The molecule has 0 spiro atoms. The van der Waals surface area contributed by atoms with Crippen molar-refractivity contribution in [2.45, 2.75) is 166 Å². The van der Waals surface area contributed by atoms with Crippen LogP contribution >= 0.6 is 0 Å². The molecule has 69 heavy (non-hydrogen) atoms. The Labute approximate surface area is 419 Å². The van der Waals surface area contributed by atoms with Crippen molar-refractivity contribution in [3.05, 3.63) is 196 Å². The fourth-order valence-corrected chi connectivity index (χ4v) is 11.4. The Bertz CT molecular complexity index is 2870. The molecule has 7 rings (SSSR count). The van der Waals surface area contributed by atoms with Gasteiger partial charge in [-0.25, -0.2) is 0 Å². The zero-order valence-corrected chi connectivity index (χ0v) is 45.9. The first-order valence-electron chi connectivity index (χ1n) is 25.6. The van der Waals surface area contributed by atoms with Crippen LogP contribution in [0.4, 0.5) is 28.4 Å². The molecule has 0 bridgehead atoms. The molecule has 6 aromatic carbocycles. The van der Waals surface area contributed by atoms with E-state index in [1.807, 2.05) is 0 Å². The minimum atomic E-state index is -0.270. The van der Waals surface area contributed by atoms with Gasteiger partial charge >= 0.3 is 0 Å². The summed E-state index contributed by atoms with van der Waals surface area (Å²) in [6.45, 7) is 47.5. The second-order valence-corrected chi connectivity index (χ2v) is 25.2. The van der Waals surface area contributed by atoms with E-state index in [-0.39, 0.29) is 32.5 Å². The van der Waals surface area contributed by atoms with Gasteiger partial charge in [0.15, 0.2) is 0 Å². The van der Waals surface area contributed by atoms with Gasteiger partial charge in [-0.2, -0.15) is 0 Å². The summed E-state index contributed by atoms with van der Waals surface area (Å²) >= 11 is 0. The number of allylic oxidation sites excluding steroid dienone is 2. The van der Waals surface area contributed by atoms with Crippen LogP contribution in [0.3, 0.4) is 0 Å². The molecule has 0 fully saturated rings. The lowest BCUT2D eigenvalue weighted by atomic mass is 9.63.